The summed E-state index contributed by atoms with van der Waals surface area (Å²) < 4.78 is 33.1. The third kappa shape index (κ3) is 5.05. The molecular formula is C23H25N3O5S. The zero-order chi connectivity index (χ0) is 23.7. The molecule has 0 fully saturated rings. The first kappa shape index (κ1) is 23.2. The van der Waals surface area contributed by atoms with Gasteiger partial charge < -0.3 is 9.72 Å². The molecule has 3 rings (SSSR count). The summed E-state index contributed by atoms with van der Waals surface area (Å²) in [5.74, 6) is -0.495. The van der Waals surface area contributed by atoms with Crippen LogP contribution in [0.4, 0.5) is 0 Å². The minimum absolute atomic E-state index is 0.0287. The van der Waals surface area contributed by atoms with Crippen LogP contribution in [0, 0.1) is 13.8 Å². The molecule has 2 N–H and O–H groups in total. The van der Waals surface area contributed by atoms with E-state index >= 15 is 0 Å². The Morgan fingerprint density at radius 1 is 1.09 bits per heavy atom. The molecule has 2 heterocycles. The molecule has 9 heteroatoms. The normalized spacial score (nSPS) is 11.8. The molecule has 0 unspecified atom stereocenters. The number of sulfonamides is 1. The number of carbonyl (C=O) groups is 1. The molecule has 0 aliphatic carbocycles. The molecule has 0 saturated heterocycles. The lowest BCUT2D eigenvalue weighted by molar-refractivity contribution is 0.0978. The second-order valence-corrected chi connectivity index (χ2v) is 10.1. The van der Waals surface area contributed by atoms with E-state index in [0.29, 0.717) is 11.4 Å². The number of nitrogens with one attached hydrogen (secondary N) is 2. The third-order valence-electron chi connectivity index (χ3n) is 4.71. The van der Waals surface area contributed by atoms with Crippen molar-refractivity contribution in [2.24, 2.45) is 0 Å². The third-order valence-corrected chi connectivity index (χ3v) is 6.06. The Balaban J connectivity index is 2.04. The van der Waals surface area contributed by atoms with Crippen molar-refractivity contribution < 1.29 is 17.9 Å². The van der Waals surface area contributed by atoms with Crippen molar-refractivity contribution in [2.45, 2.75) is 44.9 Å². The number of ether oxygens (including phenoxy) is 1. The predicted octanol–water partition coefficient (Wildman–Crippen LogP) is 3.60. The summed E-state index contributed by atoms with van der Waals surface area (Å²) in [7, 11) is -4.41. The number of rotatable bonds is 5. The SMILES string of the molecule is Cc1ccc(Oc2nc(C(C)(C)C)ccc2C(=O)NS(=O)(=O)c2ccc[nH]c2=O)c(C)c1. The van der Waals surface area contributed by atoms with Crippen LogP contribution in [0.15, 0.2) is 58.4 Å². The molecule has 168 valence electrons. The minimum atomic E-state index is -4.41. The summed E-state index contributed by atoms with van der Waals surface area (Å²) in [6.07, 6.45) is 1.30. The Bertz CT molecular complexity index is 1340. The maximum absolute atomic E-state index is 12.9. The molecule has 32 heavy (non-hydrogen) atoms. The minimum Gasteiger partial charge on any atom is -0.438 e. The summed E-state index contributed by atoms with van der Waals surface area (Å²) in [5.41, 5.74) is 1.30. The van der Waals surface area contributed by atoms with E-state index in [2.05, 4.69) is 9.97 Å². The molecular weight excluding hydrogens is 430 g/mol. The first-order valence-corrected chi connectivity index (χ1v) is 11.4. The second kappa shape index (κ2) is 8.58. The molecule has 0 radical (unpaired) electrons. The molecule has 1 amide bonds. The van der Waals surface area contributed by atoms with Gasteiger partial charge in [-0.05, 0) is 49.7 Å². The highest BCUT2D eigenvalue weighted by atomic mass is 32.2. The summed E-state index contributed by atoms with van der Waals surface area (Å²) in [5, 5.41) is 0. The Morgan fingerprint density at radius 2 is 1.81 bits per heavy atom. The van der Waals surface area contributed by atoms with Gasteiger partial charge in [0, 0.05) is 17.3 Å². The number of pyridine rings is 2. The van der Waals surface area contributed by atoms with Gasteiger partial charge in [0.1, 0.15) is 11.3 Å². The number of hydrogen-bond acceptors (Lipinski definition) is 6. The number of carbonyl (C=O) groups excluding carboxylic acids is 1. The molecule has 8 nitrogen and oxygen atoms in total. The summed E-state index contributed by atoms with van der Waals surface area (Å²) >= 11 is 0. The Morgan fingerprint density at radius 3 is 2.44 bits per heavy atom. The fourth-order valence-corrected chi connectivity index (χ4v) is 4.00. The molecule has 0 aliphatic heterocycles. The van der Waals surface area contributed by atoms with E-state index in [1.807, 2.05) is 51.5 Å². The fourth-order valence-electron chi connectivity index (χ4n) is 2.98. The van der Waals surface area contributed by atoms with Gasteiger partial charge in [-0.2, -0.15) is 0 Å². The standard InChI is InChI=1S/C23H25N3O5S/c1-14-8-10-17(15(2)13-14)31-22-16(9-11-19(25-22)23(3,4)5)20(27)26-32(29,30)18-7-6-12-24-21(18)28/h6-13H,1-5H3,(H,24,28)(H,26,27). The number of aromatic amines is 1. The van der Waals surface area contributed by atoms with Crippen LogP contribution < -0.4 is 15.0 Å². The van der Waals surface area contributed by atoms with Crippen LogP contribution in [-0.4, -0.2) is 24.3 Å². The maximum atomic E-state index is 12.9. The monoisotopic (exact) mass is 455 g/mol. The van der Waals surface area contributed by atoms with E-state index in [-0.39, 0.29) is 16.9 Å². The van der Waals surface area contributed by atoms with Crippen LogP contribution in [0.25, 0.3) is 0 Å². The molecule has 3 aromatic rings. The summed E-state index contributed by atoms with van der Waals surface area (Å²) in [4.78, 5) is 31.0. The molecule has 1 aromatic carbocycles. The van der Waals surface area contributed by atoms with Crippen LogP contribution in [-0.2, 0) is 15.4 Å². The highest BCUT2D eigenvalue weighted by molar-refractivity contribution is 7.90. The van der Waals surface area contributed by atoms with Gasteiger partial charge in [0.15, 0.2) is 4.90 Å². The Labute approximate surface area is 186 Å². The van der Waals surface area contributed by atoms with E-state index in [0.717, 1.165) is 17.2 Å². The first-order valence-electron chi connectivity index (χ1n) is 9.90. The van der Waals surface area contributed by atoms with Gasteiger partial charge in [-0.3, -0.25) is 9.59 Å². The first-order chi connectivity index (χ1) is 14.9. The van der Waals surface area contributed by atoms with Crippen molar-refractivity contribution in [3.8, 4) is 11.6 Å². The Hall–Kier alpha value is -3.46. The lowest BCUT2D eigenvalue weighted by Crippen LogP contribution is -2.34. The summed E-state index contributed by atoms with van der Waals surface area (Å²) in [6.45, 7) is 9.69. The smallest absolute Gasteiger partial charge is 0.270 e. The van der Waals surface area contributed by atoms with Crippen molar-refractivity contribution in [1.82, 2.24) is 14.7 Å². The maximum Gasteiger partial charge on any atom is 0.270 e. The average molecular weight is 456 g/mol. The fraction of sp³-hybridized carbons (Fsp3) is 0.261. The van der Waals surface area contributed by atoms with Crippen LogP contribution >= 0.6 is 0 Å². The summed E-state index contributed by atoms with van der Waals surface area (Å²) in [6, 6.07) is 11.1. The molecule has 0 atom stereocenters. The number of benzene rings is 1. The zero-order valence-electron chi connectivity index (χ0n) is 18.5. The van der Waals surface area contributed by atoms with Crippen LogP contribution in [0.2, 0.25) is 0 Å². The number of hydrogen-bond donors (Lipinski definition) is 2. The molecule has 0 spiro atoms. The van der Waals surface area contributed by atoms with E-state index in [4.69, 9.17) is 4.74 Å². The number of aryl methyl sites for hydroxylation is 2. The lowest BCUT2D eigenvalue weighted by Gasteiger charge is -2.20. The predicted molar refractivity (Wildman–Crippen MR) is 121 cm³/mol. The van der Waals surface area contributed by atoms with E-state index in [9.17, 15) is 18.0 Å². The van der Waals surface area contributed by atoms with Crippen LogP contribution in [0.3, 0.4) is 0 Å². The van der Waals surface area contributed by atoms with Crippen molar-refractivity contribution in [2.75, 3.05) is 0 Å². The number of aromatic nitrogens is 2. The highest BCUT2D eigenvalue weighted by Gasteiger charge is 2.26. The van der Waals surface area contributed by atoms with Crippen LogP contribution in [0.1, 0.15) is 48.0 Å². The van der Waals surface area contributed by atoms with Gasteiger partial charge in [0.05, 0.1) is 0 Å². The molecule has 0 saturated carbocycles. The van der Waals surface area contributed by atoms with Gasteiger partial charge in [-0.25, -0.2) is 18.1 Å². The van der Waals surface area contributed by atoms with Crippen molar-refractivity contribution in [3.05, 3.63) is 81.4 Å². The topological polar surface area (TPSA) is 118 Å². The number of amides is 1. The average Bonchev–Trinajstić information content (AvgIpc) is 2.69. The van der Waals surface area contributed by atoms with Gasteiger partial charge in [-0.15, -0.1) is 0 Å². The number of H-pyrrole nitrogens is 1. The molecule has 2 aromatic heterocycles. The van der Waals surface area contributed by atoms with Gasteiger partial charge in [-0.1, -0.05) is 38.5 Å². The Kier molecular flexibility index (Phi) is 6.23. The lowest BCUT2D eigenvalue weighted by atomic mass is 9.91. The van der Waals surface area contributed by atoms with Crippen molar-refractivity contribution in [1.29, 1.82) is 0 Å². The van der Waals surface area contributed by atoms with Crippen molar-refractivity contribution in [3.63, 3.8) is 0 Å². The zero-order valence-corrected chi connectivity index (χ0v) is 19.3. The van der Waals surface area contributed by atoms with Gasteiger partial charge >= 0.3 is 0 Å². The van der Waals surface area contributed by atoms with Gasteiger partial charge in [0.2, 0.25) is 5.88 Å². The van der Waals surface area contributed by atoms with E-state index in [1.165, 1.54) is 18.3 Å². The molecule has 0 bridgehead atoms. The quantitative estimate of drug-likeness (QED) is 0.607. The van der Waals surface area contributed by atoms with E-state index in [1.54, 1.807) is 12.1 Å². The van der Waals surface area contributed by atoms with Crippen LogP contribution in [0.5, 0.6) is 11.6 Å². The second-order valence-electron chi connectivity index (χ2n) is 8.47. The van der Waals surface area contributed by atoms with Gasteiger partial charge in [0.25, 0.3) is 21.5 Å². The number of nitrogens with zero attached hydrogens (tertiary/aromatic N) is 1. The van der Waals surface area contributed by atoms with E-state index < -0.39 is 26.4 Å². The van der Waals surface area contributed by atoms with Crippen molar-refractivity contribution >= 4 is 15.9 Å². The molecule has 0 aliphatic rings. The largest absolute Gasteiger partial charge is 0.438 e. The highest BCUT2D eigenvalue weighted by Crippen LogP contribution is 2.30.